The summed E-state index contributed by atoms with van der Waals surface area (Å²) in [4.78, 5) is 4.57. The summed E-state index contributed by atoms with van der Waals surface area (Å²) in [5.74, 6) is 2.44. The van der Waals surface area contributed by atoms with Crippen LogP contribution in [0.1, 0.15) is 11.5 Å². The van der Waals surface area contributed by atoms with E-state index in [-0.39, 0.29) is 5.82 Å². The fraction of sp³-hybridized carbons (Fsp3) is 0.133. The Balaban J connectivity index is 1.60. The van der Waals surface area contributed by atoms with Crippen LogP contribution in [0, 0.1) is 5.82 Å². The summed E-state index contributed by atoms with van der Waals surface area (Å²) in [7, 11) is 0. The zero-order chi connectivity index (χ0) is 13.8. The van der Waals surface area contributed by atoms with E-state index in [1.807, 2.05) is 17.5 Å². The van der Waals surface area contributed by atoms with Crippen LogP contribution in [-0.4, -0.2) is 4.98 Å². The van der Waals surface area contributed by atoms with Crippen molar-refractivity contribution in [2.24, 2.45) is 0 Å². The molecule has 0 aliphatic heterocycles. The first-order chi connectivity index (χ1) is 9.81. The number of aromatic nitrogens is 1. The second kappa shape index (κ2) is 6.24. The minimum absolute atomic E-state index is 0.223. The van der Waals surface area contributed by atoms with Crippen molar-refractivity contribution in [1.29, 1.82) is 0 Å². The van der Waals surface area contributed by atoms with E-state index >= 15 is 0 Å². The maximum Gasteiger partial charge on any atom is 0.123 e. The number of thioether (sulfide) groups is 1. The molecule has 3 rings (SSSR count). The minimum Gasteiger partial charge on any atom is -0.468 e. The highest BCUT2D eigenvalue weighted by Gasteiger charge is 2.05. The van der Waals surface area contributed by atoms with E-state index in [4.69, 9.17) is 4.42 Å². The molecule has 0 aliphatic carbocycles. The Labute approximate surface area is 124 Å². The molecule has 0 N–H and O–H groups in total. The first kappa shape index (κ1) is 13.4. The van der Waals surface area contributed by atoms with Crippen LogP contribution < -0.4 is 0 Å². The van der Waals surface area contributed by atoms with Gasteiger partial charge in [-0.25, -0.2) is 9.37 Å². The van der Waals surface area contributed by atoms with Gasteiger partial charge in [0.25, 0.3) is 0 Å². The third-order valence-electron chi connectivity index (χ3n) is 2.72. The number of nitrogens with zero attached hydrogens (tertiary/aromatic N) is 1. The maximum absolute atomic E-state index is 12.9. The summed E-state index contributed by atoms with van der Waals surface area (Å²) >= 11 is 3.35. The van der Waals surface area contributed by atoms with Crippen LogP contribution in [0.5, 0.6) is 0 Å². The van der Waals surface area contributed by atoms with Crippen molar-refractivity contribution in [1.82, 2.24) is 4.98 Å². The van der Waals surface area contributed by atoms with Crippen LogP contribution in [0.25, 0.3) is 10.6 Å². The molecular weight excluding hydrogens is 293 g/mol. The van der Waals surface area contributed by atoms with Gasteiger partial charge in [-0.05, 0) is 36.4 Å². The summed E-state index contributed by atoms with van der Waals surface area (Å²) < 4.78 is 18.2. The van der Waals surface area contributed by atoms with E-state index in [0.29, 0.717) is 0 Å². The Kier molecular flexibility index (Phi) is 4.18. The third kappa shape index (κ3) is 3.29. The molecule has 5 heteroatoms. The molecule has 1 aromatic carbocycles. The second-order valence-corrected chi connectivity index (χ2v) is 6.07. The van der Waals surface area contributed by atoms with Crippen LogP contribution >= 0.6 is 23.1 Å². The molecule has 102 valence electrons. The van der Waals surface area contributed by atoms with Gasteiger partial charge in [-0.3, -0.25) is 0 Å². The van der Waals surface area contributed by atoms with Gasteiger partial charge in [-0.15, -0.1) is 23.1 Å². The Bertz CT molecular complexity index is 662. The molecule has 20 heavy (non-hydrogen) atoms. The highest BCUT2D eigenvalue weighted by atomic mass is 32.2. The summed E-state index contributed by atoms with van der Waals surface area (Å²) in [6.45, 7) is 0. The lowest BCUT2D eigenvalue weighted by molar-refractivity contribution is 0.530. The number of hydrogen-bond acceptors (Lipinski definition) is 4. The number of hydrogen-bond donors (Lipinski definition) is 0. The number of thiazole rings is 1. The van der Waals surface area contributed by atoms with E-state index in [2.05, 4.69) is 4.98 Å². The van der Waals surface area contributed by atoms with Gasteiger partial charge in [-0.1, -0.05) is 0 Å². The van der Waals surface area contributed by atoms with Crippen LogP contribution in [0.3, 0.4) is 0 Å². The predicted molar refractivity (Wildman–Crippen MR) is 81.2 cm³/mol. The first-order valence-electron chi connectivity index (χ1n) is 6.12. The van der Waals surface area contributed by atoms with Gasteiger partial charge in [0.1, 0.15) is 16.6 Å². The van der Waals surface area contributed by atoms with Gasteiger partial charge in [-0.2, -0.15) is 0 Å². The standard InChI is InChI=1S/C15H12FNOS2/c16-12-5-3-11(4-6-12)15-17-13(9-20-15)8-19-10-14-2-1-7-18-14/h1-7,9H,8,10H2. The average Bonchev–Trinajstić information content (AvgIpc) is 3.11. The van der Waals surface area contributed by atoms with Crippen molar-refractivity contribution in [3.05, 3.63) is 65.3 Å². The van der Waals surface area contributed by atoms with Crippen molar-refractivity contribution >= 4 is 23.1 Å². The van der Waals surface area contributed by atoms with E-state index in [0.717, 1.165) is 33.5 Å². The van der Waals surface area contributed by atoms with Gasteiger partial charge >= 0.3 is 0 Å². The van der Waals surface area contributed by atoms with E-state index in [1.165, 1.54) is 12.1 Å². The summed E-state index contributed by atoms with van der Waals surface area (Å²) in [6.07, 6.45) is 1.69. The molecule has 2 nitrogen and oxygen atoms in total. The number of benzene rings is 1. The van der Waals surface area contributed by atoms with Gasteiger partial charge in [0.05, 0.1) is 17.7 Å². The van der Waals surface area contributed by atoms with E-state index in [1.54, 1.807) is 41.5 Å². The van der Waals surface area contributed by atoms with E-state index in [9.17, 15) is 4.39 Å². The van der Waals surface area contributed by atoms with Crippen LogP contribution in [0.15, 0.2) is 52.5 Å². The molecule has 0 spiro atoms. The summed E-state index contributed by atoms with van der Waals surface area (Å²) in [5.41, 5.74) is 2.00. The zero-order valence-electron chi connectivity index (χ0n) is 10.6. The molecule has 0 fully saturated rings. The SMILES string of the molecule is Fc1ccc(-c2nc(CSCc3ccco3)cs2)cc1. The molecule has 0 saturated carbocycles. The van der Waals surface area contributed by atoms with Gasteiger partial charge in [0.15, 0.2) is 0 Å². The van der Waals surface area contributed by atoms with Gasteiger partial charge in [0.2, 0.25) is 0 Å². The quantitative estimate of drug-likeness (QED) is 0.665. The van der Waals surface area contributed by atoms with Crippen LogP contribution in [-0.2, 0) is 11.5 Å². The first-order valence-corrected chi connectivity index (χ1v) is 8.15. The lowest BCUT2D eigenvalue weighted by Crippen LogP contribution is -1.83. The number of rotatable bonds is 5. The molecule has 0 saturated heterocycles. The molecule has 0 unspecified atom stereocenters. The summed E-state index contributed by atoms with van der Waals surface area (Å²) in [6, 6.07) is 10.3. The molecule has 0 aliphatic rings. The Morgan fingerprint density at radius 3 is 2.75 bits per heavy atom. The topological polar surface area (TPSA) is 26.0 Å². The molecular formula is C15H12FNOS2. The average molecular weight is 305 g/mol. The molecule has 2 aromatic heterocycles. The van der Waals surface area contributed by atoms with Crippen molar-refractivity contribution < 1.29 is 8.81 Å². The Morgan fingerprint density at radius 2 is 2.00 bits per heavy atom. The second-order valence-electron chi connectivity index (χ2n) is 4.22. The minimum atomic E-state index is -0.223. The molecule has 0 atom stereocenters. The fourth-order valence-electron chi connectivity index (χ4n) is 1.75. The fourth-order valence-corrected chi connectivity index (χ4v) is 3.51. The number of halogens is 1. The lowest BCUT2D eigenvalue weighted by atomic mass is 10.2. The van der Waals surface area contributed by atoms with Gasteiger partial charge < -0.3 is 4.42 Å². The normalized spacial score (nSPS) is 10.8. The van der Waals surface area contributed by atoms with Crippen molar-refractivity contribution in [3.63, 3.8) is 0 Å². The van der Waals surface area contributed by atoms with Crippen LogP contribution in [0.4, 0.5) is 4.39 Å². The molecule has 3 aromatic rings. The van der Waals surface area contributed by atoms with Gasteiger partial charge in [0, 0.05) is 16.7 Å². The highest BCUT2D eigenvalue weighted by molar-refractivity contribution is 7.97. The maximum atomic E-state index is 12.9. The summed E-state index contributed by atoms with van der Waals surface area (Å²) in [5, 5.41) is 2.98. The van der Waals surface area contributed by atoms with Crippen molar-refractivity contribution in [3.8, 4) is 10.6 Å². The largest absolute Gasteiger partial charge is 0.468 e. The highest BCUT2D eigenvalue weighted by Crippen LogP contribution is 2.26. The molecule has 2 heterocycles. The molecule has 0 bridgehead atoms. The monoisotopic (exact) mass is 305 g/mol. The number of furan rings is 1. The molecule has 0 amide bonds. The smallest absolute Gasteiger partial charge is 0.123 e. The Hall–Kier alpha value is -1.59. The van der Waals surface area contributed by atoms with Crippen molar-refractivity contribution in [2.45, 2.75) is 11.5 Å². The van der Waals surface area contributed by atoms with E-state index < -0.39 is 0 Å². The Morgan fingerprint density at radius 1 is 1.15 bits per heavy atom. The van der Waals surface area contributed by atoms with Crippen LogP contribution in [0.2, 0.25) is 0 Å². The molecule has 0 radical (unpaired) electrons. The third-order valence-corrected chi connectivity index (χ3v) is 4.65. The van der Waals surface area contributed by atoms with Crippen molar-refractivity contribution in [2.75, 3.05) is 0 Å². The predicted octanol–water partition coefficient (Wildman–Crippen LogP) is 4.98. The zero-order valence-corrected chi connectivity index (χ0v) is 12.2. The lowest BCUT2D eigenvalue weighted by Gasteiger charge is -1.97.